The minimum atomic E-state index is -0.823. The number of aliphatic hydroxyl groups excluding tert-OH is 2. The van der Waals surface area contributed by atoms with Gasteiger partial charge in [0.25, 0.3) is 0 Å². The Bertz CT molecular complexity index is 1410. The summed E-state index contributed by atoms with van der Waals surface area (Å²) < 4.78 is 40.8. The van der Waals surface area contributed by atoms with Crippen LogP contribution in [0.15, 0.2) is 36.8 Å². The Hall–Kier alpha value is -2.03. The molecule has 13 atom stereocenters. The van der Waals surface area contributed by atoms with E-state index in [1.165, 1.54) is 161 Å². The molecule has 0 aromatic heterocycles. The van der Waals surface area contributed by atoms with Crippen LogP contribution < -0.4 is 11.1 Å². The van der Waals surface area contributed by atoms with Crippen molar-refractivity contribution in [2.24, 2.45) is 17.6 Å². The maximum absolute atomic E-state index is 13.1. The van der Waals surface area contributed by atoms with Crippen molar-refractivity contribution in [3.63, 3.8) is 0 Å². The fourth-order valence-corrected chi connectivity index (χ4v) is 10.3. The highest BCUT2D eigenvalue weighted by Gasteiger charge is 2.47. The van der Waals surface area contributed by atoms with Crippen LogP contribution in [-0.4, -0.2) is 103 Å². The lowest BCUT2D eigenvalue weighted by Gasteiger charge is -2.44. The number of ether oxygens (including phenoxy) is 7. The van der Waals surface area contributed by atoms with E-state index >= 15 is 0 Å². The van der Waals surface area contributed by atoms with Gasteiger partial charge in [0, 0.05) is 26.2 Å². The van der Waals surface area contributed by atoms with Crippen LogP contribution in [0.25, 0.3) is 0 Å². The van der Waals surface area contributed by atoms with Crippen molar-refractivity contribution >= 4 is 5.91 Å². The summed E-state index contributed by atoms with van der Waals surface area (Å²) >= 11 is 0. The summed E-state index contributed by atoms with van der Waals surface area (Å²) in [6.07, 6.45) is 45.1. The minimum Gasteiger partial charge on any atom is -0.471 e. The van der Waals surface area contributed by atoms with Crippen LogP contribution in [0.5, 0.6) is 0 Å². The fourth-order valence-electron chi connectivity index (χ4n) is 10.3. The van der Waals surface area contributed by atoms with Crippen molar-refractivity contribution < 1.29 is 48.2 Å². The van der Waals surface area contributed by atoms with E-state index in [9.17, 15) is 15.0 Å². The Labute approximate surface area is 473 Å². The predicted octanol–water partition coefficient (Wildman–Crippen LogP) is 15.6. The number of carbonyl (C=O) groups is 1. The Morgan fingerprint density at radius 3 is 1.52 bits per heavy atom. The summed E-state index contributed by atoms with van der Waals surface area (Å²) in [5, 5.41) is 24.8. The second kappa shape index (κ2) is 49.8. The van der Waals surface area contributed by atoms with Gasteiger partial charge < -0.3 is 54.4 Å². The second-order valence-electron chi connectivity index (χ2n) is 22.8. The van der Waals surface area contributed by atoms with Crippen LogP contribution >= 0.6 is 0 Å². The number of unbranched alkanes of at least 4 members (excludes halogenated alkanes) is 19. The quantitative estimate of drug-likeness (QED) is 0.0262. The standard InChI is InChI=1S/C39H73NO5.C21H41NO4.C5H10O/c1-6-10-12-14-15-16-17-18-19-20-21-22-23-25-27-29-35(41)40-36-38(37(42)34(9-4)45-39(36)44-31-8-3)43-32-30-33(5)28-26-24-13-11-7-2;1-5-8-9-10-11-12-16(4)13-15-24-20-18(22)21(25-14-6-2)26-17(7-3)19(20)23;1-5-3-2-4-6-5/h8,16-17,31,33-34,36-39,42H,6-7,9-15,18-30,32H2,1-5H3,(H,40,41);6,14,16-21,23H,5,7-13,15,22H2,1-4H3;5H,2-4H2,1H3/b17-16-,31-8-;14-6-;/t33-,34-,36-,37-,38-,39+;16-,17-,18-,19-,20-,21+;/m11./s1. The van der Waals surface area contributed by atoms with E-state index in [1.807, 2.05) is 27.7 Å². The molecule has 12 nitrogen and oxygen atoms in total. The lowest BCUT2D eigenvalue weighted by Crippen LogP contribution is -2.64. The number of nitrogens with two attached hydrogens (primary N) is 1. The van der Waals surface area contributed by atoms with Gasteiger partial charge in [-0.2, -0.15) is 0 Å². The smallest absolute Gasteiger partial charge is 0.222 e. The van der Waals surface area contributed by atoms with Crippen LogP contribution in [0.4, 0.5) is 0 Å². The number of amides is 1. The van der Waals surface area contributed by atoms with E-state index in [-0.39, 0.29) is 12.0 Å². The van der Waals surface area contributed by atoms with Gasteiger partial charge in [-0.05, 0) is 103 Å². The first-order valence-electron chi connectivity index (χ1n) is 32.2. The molecule has 5 N–H and O–H groups in total. The molecule has 0 bridgehead atoms. The first-order valence-corrected chi connectivity index (χ1v) is 32.2. The highest BCUT2D eigenvalue weighted by Crippen LogP contribution is 2.29. The molecule has 0 aromatic rings. The molecule has 3 aliphatic rings. The molecular formula is C65H124N2O10. The third kappa shape index (κ3) is 35.4. The summed E-state index contributed by atoms with van der Waals surface area (Å²) in [6.45, 7) is 23.3. The molecule has 0 saturated carbocycles. The summed E-state index contributed by atoms with van der Waals surface area (Å²) in [5.74, 6) is 1.16. The molecule has 12 heteroatoms. The lowest BCUT2D eigenvalue weighted by molar-refractivity contribution is -0.258. The van der Waals surface area contributed by atoms with Crippen molar-refractivity contribution in [2.75, 3.05) is 19.8 Å². The highest BCUT2D eigenvalue weighted by atomic mass is 16.7. The number of nitrogens with one attached hydrogen (secondary N) is 1. The largest absolute Gasteiger partial charge is 0.471 e. The van der Waals surface area contributed by atoms with Crippen molar-refractivity contribution in [1.29, 1.82) is 0 Å². The number of allylic oxidation sites excluding steroid dienone is 4. The van der Waals surface area contributed by atoms with Crippen LogP contribution in [-0.2, 0) is 38.0 Å². The van der Waals surface area contributed by atoms with E-state index < -0.39 is 55.2 Å². The zero-order valence-corrected chi connectivity index (χ0v) is 51.5. The second-order valence-corrected chi connectivity index (χ2v) is 22.8. The first kappa shape index (κ1) is 73.0. The van der Waals surface area contributed by atoms with E-state index in [4.69, 9.17) is 38.9 Å². The zero-order valence-electron chi connectivity index (χ0n) is 51.5. The maximum Gasteiger partial charge on any atom is 0.222 e. The number of hydrogen-bond donors (Lipinski definition) is 4. The normalized spacial score (nSPS) is 26.3. The van der Waals surface area contributed by atoms with Crippen molar-refractivity contribution in [1.82, 2.24) is 5.32 Å². The topological polar surface area (TPSA) is 160 Å². The molecule has 3 fully saturated rings. The molecular weight excluding hydrogens is 969 g/mol. The van der Waals surface area contributed by atoms with Crippen LogP contribution in [0.2, 0.25) is 0 Å². The monoisotopic (exact) mass is 1090 g/mol. The Balaban J connectivity index is 0.000000770. The van der Waals surface area contributed by atoms with Gasteiger partial charge >= 0.3 is 0 Å². The molecule has 0 aliphatic carbocycles. The SMILES string of the molecule is C/C=C\O[C@H]1O[C@H](CC)[C@@H](O)[C@H](OCC[C@H](C)CCCCCCC)[C@H]1N.C/C=C\O[C@H]1O[C@H](CC)[C@@H](O)[C@H](OCC[C@H](C)CCCCCCC)[C@H]1NC(=O)CCCCCCCCC/C=C\CCCCCC.CC1CCCO1. The van der Waals surface area contributed by atoms with Crippen LogP contribution in [0.3, 0.4) is 0 Å². The van der Waals surface area contributed by atoms with Gasteiger partial charge in [0.1, 0.15) is 30.5 Å². The summed E-state index contributed by atoms with van der Waals surface area (Å²) in [4.78, 5) is 13.1. The number of carbonyl (C=O) groups excluding carboxylic acids is 1. The number of rotatable bonds is 42. The zero-order chi connectivity index (χ0) is 56.7. The molecule has 454 valence electrons. The molecule has 3 aliphatic heterocycles. The molecule has 1 amide bonds. The molecule has 0 aromatic carbocycles. The summed E-state index contributed by atoms with van der Waals surface area (Å²) in [5.41, 5.74) is 6.25. The summed E-state index contributed by atoms with van der Waals surface area (Å²) in [7, 11) is 0. The lowest BCUT2D eigenvalue weighted by atomic mass is 9.94. The van der Waals surface area contributed by atoms with Crippen LogP contribution in [0.1, 0.15) is 275 Å². The molecule has 3 heterocycles. The van der Waals surface area contributed by atoms with Crippen LogP contribution in [0, 0.1) is 11.8 Å². The minimum absolute atomic E-state index is 0.0321. The van der Waals surface area contributed by atoms with Crippen molar-refractivity contribution in [2.45, 2.75) is 342 Å². The van der Waals surface area contributed by atoms with E-state index in [2.05, 4.69) is 59.0 Å². The average Bonchev–Trinajstić information content (AvgIpc) is 3.92. The molecule has 0 spiro atoms. The fraction of sp³-hybridized carbons (Fsp3) is 0.892. The average molecular weight is 1090 g/mol. The van der Waals surface area contributed by atoms with E-state index in [1.54, 1.807) is 24.7 Å². The van der Waals surface area contributed by atoms with Gasteiger partial charge in [0.2, 0.25) is 18.5 Å². The first-order chi connectivity index (χ1) is 37.4. The predicted molar refractivity (Wildman–Crippen MR) is 320 cm³/mol. The third-order valence-corrected chi connectivity index (χ3v) is 15.5. The molecule has 3 rings (SSSR count). The van der Waals surface area contributed by atoms with Gasteiger partial charge in [0.05, 0.1) is 36.9 Å². The highest BCUT2D eigenvalue weighted by molar-refractivity contribution is 5.76. The van der Waals surface area contributed by atoms with Gasteiger partial charge in [-0.15, -0.1) is 0 Å². The van der Waals surface area contributed by atoms with Gasteiger partial charge in [0.15, 0.2) is 0 Å². The number of hydrogen-bond acceptors (Lipinski definition) is 11. The molecule has 3 saturated heterocycles. The Morgan fingerprint density at radius 1 is 0.610 bits per heavy atom. The molecule has 1 unspecified atom stereocenters. The van der Waals surface area contributed by atoms with Gasteiger partial charge in [-0.25, -0.2) is 0 Å². The Kier molecular flexibility index (Phi) is 47.2. The summed E-state index contributed by atoms with van der Waals surface area (Å²) in [6, 6.07) is -1.07. The van der Waals surface area contributed by atoms with Crippen molar-refractivity contribution in [3.8, 4) is 0 Å². The maximum atomic E-state index is 13.1. The Morgan fingerprint density at radius 2 is 1.05 bits per heavy atom. The third-order valence-electron chi connectivity index (χ3n) is 15.5. The van der Waals surface area contributed by atoms with Crippen molar-refractivity contribution in [3.05, 3.63) is 36.8 Å². The van der Waals surface area contributed by atoms with E-state index in [0.29, 0.717) is 50.4 Å². The van der Waals surface area contributed by atoms with Gasteiger partial charge in [-0.3, -0.25) is 4.79 Å². The van der Waals surface area contributed by atoms with Gasteiger partial charge in [-0.1, -0.05) is 201 Å². The van der Waals surface area contributed by atoms with E-state index in [0.717, 1.165) is 32.3 Å². The molecule has 0 radical (unpaired) electrons. The number of aliphatic hydroxyl groups is 2. The molecule has 77 heavy (non-hydrogen) atoms.